The molecule has 1 heterocycles. The maximum atomic E-state index is 12.1. The van der Waals surface area contributed by atoms with Crippen LogP contribution in [0.5, 0.6) is 11.5 Å². The van der Waals surface area contributed by atoms with Gasteiger partial charge in [0, 0.05) is 6.07 Å². The third kappa shape index (κ3) is 2.82. The van der Waals surface area contributed by atoms with Crippen molar-refractivity contribution in [2.24, 2.45) is 0 Å². The number of hydrogen-bond acceptors (Lipinski definition) is 5. The van der Waals surface area contributed by atoms with E-state index in [2.05, 4.69) is 20.5 Å². The van der Waals surface area contributed by atoms with Crippen LogP contribution in [-0.4, -0.2) is 35.3 Å². The monoisotopic (exact) mass is 262 g/mol. The lowest BCUT2D eigenvalue weighted by molar-refractivity contribution is 0.102. The van der Waals surface area contributed by atoms with E-state index >= 15 is 0 Å². The zero-order chi connectivity index (χ0) is 13.8. The lowest BCUT2D eigenvalue weighted by atomic mass is 10.2. The lowest BCUT2D eigenvalue weighted by Crippen LogP contribution is -2.14. The summed E-state index contributed by atoms with van der Waals surface area (Å²) in [6.45, 7) is 1.75. The summed E-state index contributed by atoms with van der Waals surface area (Å²) in [5.74, 6) is 1.53. The second-order valence-electron chi connectivity index (χ2n) is 3.76. The summed E-state index contributed by atoms with van der Waals surface area (Å²) in [6.07, 6.45) is 0. The Morgan fingerprint density at radius 2 is 2.11 bits per heavy atom. The summed E-state index contributed by atoms with van der Waals surface area (Å²) >= 11 is 0. The number of aryl methyl sites for hydroxylation is 1. The summed E-state index contributed by atoms with van der Waals surface area (Å²) in [6, 6.07) is 4.94. The number of carbonyl (C=O) groups excluding carboxylic acids is 1. The first-order valence-corrected chi connectivity index (χ1v) is 5.56. The normalized spacial score (nSPS) is 10.1. The Hall–Kier alpha value is -2.57. The Bertz CT molecular complexity index is 594. The van der Waals surface area contributed by atoms with Crippen LogP contribution in [0.4, 0.5) is 5.95 Å². The predicted molar refractivity (Wildman–Crippen MR) is 68.6 cm³/mol. The van der Waals surface area contributed by atoms with Crippen molar-refractivity contribution in [3.63, 3.8) is 0 Å². The Balaban J connectivity index is 2.23. The van der Waals surface area contributed by atoms with Crippen LogP contribution in [0.25, 0.3) is 0 Å². The minimum atomic E-state index is -0.349. The van der Waals surface area contributed by atoms with Crippen molar-refractivity contribution in [1.29, 1.82) is 0 Å². The molecule has 1 aromatic heterocycles. The van der Waals surface area contributed by atoms with E-state index in [0.29, 0.717) is 22.9 Å². The fourth-order valence-electron chi connectivity index (χ4n) is 1.55. The van der Waals surface area contributed by atoms with Crippen LogP contribution >= 0.6 is 0 Å². The average Bonchev–Trinajstić information content (AvgIpc) is 2.83. The molecule has 2 aromatic rings. The highest BCUT2D eigenvalue weighted by Gasteiger charge is 2.15. The molecule has 0 unspecified atom stereocenters. The Morgan fingerprint density at radius 3 is 2.68 bits per heavy atom. The molecule has 1 aromatic carbocycles. The van der Waals surface area contributed by atoms with Crippen LogP contribution in [0.2, 0.25) is 0 Å². The molecule has 7 heteroatoms. The van der Waals surface area contributed by atoms with Crippen molar-refractivity contribution in [3.8, 4) is 11.5 Å². The van der Waals surface area contributed by atoms with Crippen LogP contribution in [0, 0.1) is 6.92 Å². The topological polar surface area (TPSA) is 89.1 Å². The van der Waals surface area contributed by atoms with E-state index in [1.807, 2.05) is 0 Å². The molecule has 0 spiro atoms. The van der Waals surface area contributed by atoms with E-state index in [9.17, 15) is 4.79 Å². The highest BCUT2D eigenvalue weighted by atomic mass is 16.5. The maximum absolute atomic E-state index is 12.1. The van der Waals surface area contributed by atoms with Gasteiger partial charge >= 0.3 is 0 Å². The zero-order valence-electron chi connectivity index (χ0n) is 10.9. The molecule has 7 nitrogen and oxygen atoms in total. The molecule has 0 atom stereocenters. The number of nitrogens with zero attached hydrogens (tertiary/aromatic N) is 2. The van der Waals surface area contributed by atoms with E-state index in [1.165, 1.54) is 7.11 Å². The fourth-order valence-corrected chi connectivity index (χ4v) is 1.55. The molecular weight excluding hydrogens is 248 g/mol. The molecule has 100 valence electrons. The van der Waals surface area contributed by atoms with Crippen molar-refractivity contribution < 1.29 is 14.3 Å². The molecule has 2 N–H and O–H groups in total. The minimum absolute atomic E-state index is 0.223. The van der Waals surface area contributed by atoms with Gasteiger partial charge in [-0.1, -0.05) is 0 Å². The summed E-state index contributed by atoms with van der Waals surface area (Å²) in [7, 11) is 3.04. The predicted octanol–water partition coefficient (Wildman–Crippen LogP) is 1.38. The second kappa shape index (κ2) is 5.38. The summed E-state index contributed by atoms with van der Waals surface area (Å²) < 4.78 is 10.2. The highest BCUT2D eigenvalue weighted by Crippen LogP contribution is 2.25. The van der Waals surface area contributed by atoms with Gasteiger partial charge in [0.25, 0.3) is 5.91 Å². The number of carbonyl (C=O) groups is 1. The highest BCUT2D eigenvalue weighted by molar-refractivity contribution is 6.05. The molecule has 0 fully saturated rings. The quantitative estimate of drug-likeness (QED) is 0.869. The third-order valence-electron chi connectivity index (χ3n) is 2.48. The fraction of sp³-hybridized carbons (Fsp3) is 0.250. The van der Waals surface area contributed by atoms with Crippen molar-refractivity contribution >= 4 is 11.9 Å². The maximum Gasteiger partial charge on any atom is 0.261 e. The third-order valence-corrected chi connectivity index (χ3v) is 2.48. The summed E-state index contributed by atoms with van der Waals surface area (Å²) in [5, 5.41) is 9.06. The van der Waals surface area contributed by atoms with Crippen molar-refractivity contribution in [1.82, 2.24) is 15.2 Å². The molecule has 0 saturated carbocycles. The van der Waals surface area contributed by atoms with Gasteiger partial charge in [-0.05, 0) is 19.1 Å². The molecular formula is C12H14N4O3. The van der Waals surface area contributed by atoms with Gasteiger partial charge < -0.3 is 9.47 Å². The molecule has 2 rings (SSSR count). The largest absolute Gasteiger partial charge is 0.497 e. The van der Waals surface area contributed by atoms with E-state index in [4.69, 9.17) is 9.47 Å². The number of aromatic nitrogens is 3. The Kier molecular flexibility index (Phi) is 3.65. The molecule has 0 radical (unpaired) electrons. The number of hydrogen-bond donors (Lipinski definition) is 2. The van der Waals surface area contributed by atoms with Crippen molar-refractivity contribution in [2.75, 3.05) is 19.5 Å². The Labute approximate surface area is 110 Å². The molecule has 0 aliphatic heterocycles. The van der Waals surface area contributed by atoms with E-state index in [1.54, 1.807) is 32.2 Å². The number of methoxy groups -OCH3 is 2. The minimum Gasteiger partial charge on any atom is -0.497 e. The average molecular weight is 262 g/mol. The summed E-state index contributed by atoms with van der Waals surface area (Å²) in [4.78, 5) is 16.1. The van der Waals surface area contributed by atoms with Gasteiger partial charge in [-0.15, -0.1) is 5.10 Å². The van der Waals surface area contributed by atoms with Gasteiger partial charge in [0.05, 0.1) is 19.8 Å². The second-order valence-corrected chi connectivity index (χ2v) is 3.76. The molecule has 0 aliphatic rings. The lowest BCUT2D eigenvalue weighted by Gasteiger charge is -2.09. The van der Waals surface area contributed by atoms with Gasteiger partial charge in [0.15, 0.2) is 0 Å². The smallest absolute Gasteiger partial charge is 0.261 e. The van der Waals surface area contributed by atoms with E-state index in [0.717, 1.165) is 0 Å². The zero-order valence-corrected chi connectivity index (χ0v) is 10.9. The van der Waals surface area contributed by atoms with Gasteiger partial charge in [-0.2, -0.15) is 4.98 Å². The van der Waals surface area contributed by atoms with Crippen LogP contribution in [0.3, 0.4) is 0 Å². The number of anilines is 1. The molecule has 19 heavy (non-hydrogen) atoms. The van der Waals surface area contributed by atoms with E-state index < -0.39 is 0 Å². The van der Waals surface area contributed by atoms with Gasteiger partial charge in [0.2, 0.25) is 5.95 Å². The number of aromatic amines is 1. The van der Waals surface area contributed by atoms with Gasteiger partial charge in [0.1, 0.15) is 17.3 Å². The SMILES string of the molecule is COc1ccc(C(=O)Nc2n[nH]c(C)n2)c(OC)c1. The van der Waals surface area contributed by atoms with Crippen molar-refractivity contribution in [2.45, 2.75) is 6.92 Å². The number of benzene rings is 1. The molecule has 1 amide bonds. The molecule has 0 aliphatic carbocycles. The first kappa shape index (κ1) is 12.9. The van der Waals surface area contributed by atoms with Crippen LogP contribution in [0.15, 0.2) is 18.2 Å². The number of amides is 1. The molecule has 0 saturated heterocycles. The molecule has 0 bridgehead atoms. The van der Waals surface area contributed by atoms with Crippen LogP contribution in [0.1, 0.15) is 16.2 Å². The Morgan fingerprint density at radius 1 is 1.32 bits per heavy atom. The van der Waals surface area contributed by atoms with Gasteiger partial charge in [-0.3, -0.25) is 15.2 Å². The van der Waals surface area contributed by atoms with E-state index in [-0.39, 0.29) is 11.9 Å². The summed E-state index contributed by atoms with van der Waals surface area (Å²) in [5.41, 5.74) is 0.380. The number of H-pyrrole nitrogens is 1. The van der Waals surface area contributed by atoms with Crippen LogP contribution < -0.4 is 14.8 Å². The number of nitrogens with one attached hydrogen (secondary N) is 2. The first-order chi connectivity index (χ1) is 9.13. The van der Waals surface area contributed by atoms with Crippen molar-refractivity contribution in [3.05, 3.63) is 29.6 Å². The van der Waals surface area contributed by atoms with Gasteiger partial charge in [-0.25, -0.2) is 0 Å². The standard InChI is InChI=1S/C12H14N4O3/c1-7-13-12(16-15-7)14-11(17)9-5-4-8(18-2)6-10(9)19-3/h4-6H,1-3H3,(H2,13,14,15,16,17). The van der Waals surface area contributed by atoms with Crippen LogP contribution in [-0.2, 0) is 0 Å². The number of rotatable bonds is 4. The first-order valence-electron chi connectivity index (χ1n) is 5.56. The number of ether oxygens (including phenoxy) is 2.